The molecule has 0 aliphatic carbocycles. The summed E-state index contributed by atoms with van der Waals surface area (Å²) >= 11 is 5.93. The van der Waals surface area contributed by atoms with E-state index in [0.29, 0.717) is 48.2 Å². The molecule has 29 heavy (non-hydrogen) atoms. The first kappa shape index (κ1) is 19.6. The van der Waals surface area contributed by atoms with Crippen LogP contribution in [0.15, 0.2) is 46.9 Å². The summed E-state index contributed by atoms with van der Waals surface area (Å²) in [4.78, 5) is 18.4. The van der Waals surface area contributed by atoms with E-state index >= 15 is 0 Å². The van der Waals surface area contributed by atoms with Crippen LogP contribution in [0.1, 0.15) is 22.3 Å². The molecule has 2 heterocycles. The van der Waals surface area contributed by atoms with E-state index in [1.54, 1.807) is 18.2 Å². The van der Waals surface area contributed by atoms with Crippen molar-refractivity contribution < 1.29 is 22.4 Å². The van der Waals surface area contributed by atoms with Crippen LogP contribution in [0.3, 0.4) is 0 Å². The van der Waals surface area contributed by atoms with Gasteiger partial charge in [-0.15, -0.1) is 0 Å². The number of aromatic nitrogens is 1. The van der Waals surface area contributed by atoms with Crippen molar-refractivity contribution in [1.82, 2.24) is 9.88 Å². The fourth-order valence-corrected chi connectivity index (χ4v) is 3.64. The summed E-state index contributed by atoms with van der Waals surface area (Å²) in [6.07, 6.45) is -3.89. The highest BCUT2D eigenvalue weighted by atomic mass is 35.5. The fourth-order valence-electron chi connectivity index (χ4n) is 3.48. The second-order valence-corrected chi connectivity index (χ2v) is 7.40. The second-order valence-electron chi connectivity index (χ2n) is 6.96. The van der Waals surface area contributed by atoms with Crippen LogP contribution in [-0.2, 0) is 6.18 Å². The molecule has 4 rings (SSSR count). The monoisotopic (exact) mass is 423 g/mol. The average Bonchev–Trinajstić information content (AvgIpc) is 3.31. The number of hydrogen-bond acceptors (Lipinski definition) is 4. The molecule has 1 amide bonds. The Kier molecular flexibility index (Phi) is 5.12. The molecule has 2 aromatic carbocycles. The number of anilines is 1. The highest BCUT2D eigenvalue weighted by molar-refractivity contribution is 6.31. The predicted octanol–water partition coefficient (Wildman–Crippen LogP) is 5.07. The van der Waals surface area contributed by atoms with Gasteiger partial charge in [0, 0.05) is 30.7 Å². The van der Waals surface area contributed by atoms with E-state index in [9.17, 15) is 18.0 Å². The summed E-state index contributed by atoms with van der Waals surface area (Å²) in [5.74, 6) is -0.521. The molecule has 0 saturated carbocycles. The maximum Gasteiger partial charge on any atom is 0.417 e. The lowest BCUT2D eigenvalue weighted by atomic mass is 10.1. The Morgan fingerprint density at radius 2 is 2.07 bits per heavy atom. The van der Waals surface area contributed by atoms with E-state index in [4.69, 9.17) is 16.0 Å². The zero-order chi connectivity index (χ0) is 20.6. The van der Waals surface area contributed by atoms with E-state index in [1.807, 2.05) is 0 Å². The minimum atomic E-state index is -4.57. The Hall–Kier alpha value is -2.74. The third-order valence-corrected chi connectivity index (χ3v) is 5.16. The Morgan fingerprint density at radius 1 is 1.28 bits per heavy atom. The first-order valence-corrected chi connectivity index (χ1v) is 9.44. The smallest absolute Gasteiger partial charge is 0.417 e. The topological polar surface area (TPSA) is 58.4 Å². The van der Waals surface area contributed by atoms with E-state index in [0.717, 1.165) is 6.07 Å². The van der Waals surface area contributed by atoms with Crippen molar-refractivity contribution in [2.45, 2.75) is 12.6 Å². The van der Waals surface area contributed by atoms with Crippen molar-refractivity contribution in [3.63, 3.8) is 0 Å². The zero-order valence-corrected chi connectivity index (χ0v) is 15.9. The molecular weight excluding hydrogens is 407 g/mol. The number of benzene rings is 2. The van der Waals surface area contributed by atoms with E-state index in [-0.39, 0.29) is 11.5 Å². The van der Waals surface area contributed by atoms with Gasteiger partial charge in [-0.05, 0) is 36.6 Å². The molecule has 0 spiro atoms. The number of alkyl halides is 3. The number of rotatable bonds is 4. The standard InChI is InChI=1S/C20H17ClF3N3O2/c21-13-5-6-16-17(9-13)29-19(26-16)25-10-12-7-8-27(11-12)18(28)14-3-1-2-4-15(14)20(22,23)24/h1-6,9,12H,7-8,10-11H2,(H,25,26)/t12-/m0/s1. The lowest BCUT2D eigenvalue weighted by molar-refractivity contribution is -0.138. The second kappa shape index (κ2) is 7.59. The van der Waals surface area contributed by atoms with Gasteiger partial charge in [-0.3, -0.25) is 4.79 Å². The molecule has 5 nitrogen and oxygen atoms in total. The van der Waals surface area contributed by atoms with Gasteiger partial charge in [0.05, 0.1) is 11.1 Å². The molecule has 1 atom stereocenters. The van der Waals surface area contributed by atoms with Gasteiger partial charge in [-0.1, -0.05) is 23.7 Å². The Labute approximate surface area is 169 Å². The third kappa shape index (κ3) is 4.17. The molecule has 1 aromatic heterocycles. The number of halogens is 4. The van der Waals surface area contributed by atoms with Crippen LogP contribution in [0.5, 0.6) is 0 Å². The number of amides is 1. The summed E-state index contributed by atoms with van der Waals surface area (Å²) in [5.41, 5.74) is 0.0111. The zero-order valence-electron chi connectivity index (χ0n) is 15.2. The fraction of sp³-hybridized carbons (Fsp3) is 0.300. The van der Waals surface area contributed by atoms with Gasteiger partial charge in [0.1, 0.15) is 5.52 Å². The summed E-state index contributed by atoms with van der Waals surface area (Å²) < 4.78 is 45.2. The lowest BCUT2D eigenvalue weighted by Crippen LogP contribution is -2.31. The first-order valence-electron chi connectivity index (χ1n) is 9.07. The summed E-state index contributed by atoms with van der Waals surface area (Å²) in [5, 5.41) is 3.64. The van der Waals surface area contributed by atoms with Crippen molar-refractivity contribution in [2.24, 2.45) is 5.92 Å². The Morgan fingerprint density at radius 3 is 2.86 bits per heavy atom. The molecule has 3 aromatic rings. The van der Waals surface area contributed by atoms with Crippen LogP contribution in [0.2, 0.25) is 5.02 Å². The SMILES string of the molecule is O=C(c1ccccc1C(F)(F)F)N1CC[C@@H](CNc2nc3ccc(Cl)cc3o2)C1. The molecule has 0 radical (unpaired) electrons. The van der Waals surface area contributed by atoms with Crippen molar-refractivity contribution in [3.05, 3.63) is 58.6 Å². The highest BCUT2D eigenvalue weighted by Gasteiger charge is 2.37. The number of oxazole rings is 1. The molecule has 0 bridgehead atoms. The van der Waals surface area contributed by atoms with Crippen LogP contribution in [0.4, 0.5) is 19.2 Å². The third-order valence-electron chi connectivity index (χ3n) is 4.93. The Balaban J connectivity index is 1.39. The molecule has 1 fully saturated rings. The number of hydrogen-bond donors (Lipinski definition) is 1. The van der Waals surface area contributed by atoms with Gasteiger partial charge in [0.25, 0.3) is 11.9 Å². The summed E-state index contributed by atoms with van der Waals surface area (Å²) in [6, 6.07) is 10.4. The number of likely N-dealkylation sites (tertiary alicyclic amines) is 1. The van der Waals surface area contributed by atoms with Crippen LogP contribution in [0.25, 0.3) is 11.1 Å². The maximum atomic E-state index is 13.2. The first-order chi connectivity index (χ1) is 13.8. The van der Waals surface area contributed by atoms with Crippen molar-refractivity contribution in [2.75, 3.05) is 25.0 Å². The molecule has 1 aliphatic heterocycles. The number of fused-ring (bicyclic) bond motifs is 1. The molecule has 152 valence electrons. The molecule has 1 N–H and O–H groups in total. The van der Waals surface area contributed by atoms with E-state index in [2.05, 4.69) is 10.3 Å². The van der Waals surface area contributed by atoms with Crippen molar-refractivity contribution >= 4 is 34.6 Å². The van der Waals surface area contributed by atoms with E-state index < -0.39 is 17.6 Å². The quantitative estimate of drug-likeness (QED) is 0.636. The van der Waals surface area contributed by atoms with Gasteiger partial charge in [-0.2, -0.15) is 18.2 Å². The average molecular weight is 424 g/mol. The maximum absolute atomic E-state index is 13.2. The molecule has 1 aliphatic rings. The predicted molar refractivity (Wildman–Crippen MR) is 103 cm³/mol. The van der Waals surface area contributed by atoms with Crippen molar-refractivity contribution in [3.8, 4) is 0 Å². The number of nitrogens with zero attached hydrogens (tertiary/aromatic N) is 2. The molecule has 1 saturated heterocycles. The highest BCUT2D eigenvalue weighted by Crippen LogP contribution is 2.33. The van der Waals surface area contributed by atoms with Crippen LogP contribution in [-0.4, -0.2) is 35.4 Å². The van der Waals surface area contributed by atoms with Crippen LogP contribution in [0, 0.1) is 5.92 Å². The molecule has 0 unspecified atom stereocenters. The van der Waals surface area contributed by atoms with Gasteiger partial charge >= 0.3 is 6.18 Å². The molecule has 9 heteroatoms. The largest absolute Gasteiger partial charge is 0.424 e. The van der Waals surface area contributed by atoms with Gasteiger partial charge in [0.15, 0.2) is 5.58 Å². The summed E-state index contributed by atoms with van der Waals surface area (Å²) in [7, 11) is 0. The van der Waals surface area contributed by atoms with Gasteiger partial charge in [-0.25, -0.2) is 0 Å². The van der Waals surface area contributed by atoms with Crippen LogP contribution < -0.4 is 5.32 Å². The number of nitrogens with one attached hydrogen (secondary N) is 1. The van der Waals surface area contributed by atoms with Gasteiger partial charge < -0.3 is 14.6 Å². The summed E-state index contributed by atoms with van der Waals surface area (Å²) in [6.45, 7) is 1.26. The van der Waals surface area contributed by atoms with Gasteiger partial charge in [0.2, 0.25) is 0 Å². The minimum absolute atomic E-state index is 0.0793. The lowest BCUT2D eigenvalue weighted by Gasteiger charge is -2.19. The van der Waals surface area contributed by atoms with E-state index in [1.165, 1.54) is 23.1 Å². The number of carbonyl (C=O) groups is 1. The Bertz CT molecular complexity index is 1050. The van der Waals surface area contributed by atoms with Crippen molar-refractivity contribution in [1.29, 1.82) is 0 Å². The minimum Gasteiger partial charge on any atom is -0.424 e. The molecular formula is C20H17ClF3N3O2. The number of carbonyl (C=O) groups excluding carboxylic acids is 1. The normalized spacial score (nSPS) is 17.1. The van der Waals surface area contributed by atoms with Crippen LogP contribution >= 0.6 is 11.6 Å².